The summed E-state index contributed by atoms with van der Waals surface area (Å²) in [5, 5.41) is 2.86. The number of nitrogens with zero attached hydrogens (tertiary/aromatic N) is 4. The Hall–Kier alpha value is -3.11. The first-order valence-corrected chi connectivity index (χ1v) is 13.0. The largest absolute Gasteiger partial charge is 0.370 e. The van der Waals surface area contributed by atoms with Gasteiger partial charge in [0.25, 0.3) is 0 Å². The predicted molar refractivity (Wildman–Crippen MR) is 136 cm³/mol. The maximum Gasteiger partial charge on any atom is 0.329 e. The maximum absolute atomic E-state index is 13.1. The zero-order valence-corrected chi connectivity index (χ0v) is 21.2. The molecule has 0 spiro atoms. The standard InChI is InChI=1S/C24H33N5O4S/c1-6-27(7-2)20-15-14-18(34(32,33)28(8-3)9-4)16-19(20)25-23(30)17-29-22-13-11-10-12-21(22)26(5)24(29)31/h10-16H,6-9,17H2,1-5H3,(H,25,30). The minimum Gasteiger partial charge on any atom is -0.370 e. The minimum absolute atomic E-state index is 0.115. The van der Waals surface area contributed by atoms with E-state index in [-0.39, 0.29) is 17.1 Å². The average molecular weight is 488 g/mol. The third-order valence-corrected chi connectivity index (χ3v) is 8.09. The molecule has 184 valence electrons. The van der Waals surface area contributed by atoms with Crippen molar-refractivity contribution in [1.29, 1.82) is 0 Å². The van der Waals surface area contributed by atoms with Crippen molar-refractivity contribution in [2.75, 3.05) is 36.4 Å². The summed E-state index contributed by atoms with van der Waals surface area (Å²) in [6.45, 7) is 9.44. The van der Waals surface area contributed by atoms with Crippen LogP contribution < -0.4 is 15.9 Å². The highest BCUT2D eigenvalue weighted by Crippen LogP contribution is 2.30. The first kappa shape index (κ1) is 25.5. The molecule has 0 radical (unpaired) electrons. The van der Waals surface area contributed by atoms with E-state index in [4.69, 9.17) is 0 Å². The van der Waals surface area contributed by atoms with E-state index in [1.807, 2.05) is 36.9 Å². The van der Waals surface area contributed by atoms with Crippen molar-refractivity contribution in [3.8, 4) is 0 Å². The molecule has 1 heterocycles. The summed E-state index contributed by atoms with van der Waals surface area (Å²) in [7, 11) is -2.04. The van der Waals surface area contributed by atoms with Gasteiger partial charge in [0.05, 0.1) is 27.3 Å². The van der Waals surface area contributed by atoms with Gasteiger partial charge in [-0.3, -0.25) is 13.9 Å². The van der Waals surface area contributed by atoms with Crippen LogP contribution in [0.2, 0.25) is 0 Å². The van der Waals surface area contributed by atoms with Crippen LogP contribution in [0.1, 0.15) is 27.7 Å². The highest BCUT2D eigenvalue weighted by atomic mass is 32.2. The van der Waals surface area contributed by atoms with Crippen molar-refractivity contribution in [2.45, 2.75) is 39.1 Å². The normalized spacial score (nSPS) is 11.8. The number of amides is 1. The van der Waals surface area contributed by atoms with E-state index in [0.29, 0.717) is 37.4 Å². The molecule has 1 amide bonds. The van der Waals surface area contributed by atoms with Gasteiger partial charge in [0.2, 0.25) is 15.9 Å². The number of hydrogen-bond acceptors (Lipinski definition) is 5. The Bertz CT molecular complexity index is 1340. The molecule has 0 aliphatic carbocycles. The molecule has 1 N–H and O–H groups in total. The zero-order chi connectivity index (χ0) is 25.0. The molecular weight excluding hydrogens is 454 g/mol. The first-order valence-electron chi connectivity index (χ1n) is 11.5. The molecule has 0 atom stereocenters. The summed E-state index contributed by atoms with van der Waals surface area (Å²) < 4.78 is 30.5. The summed E-state index contributed by atoms with van der Waals surface area (Å²) in [5.74, 6) is -0.413. The molecule has 3 rings (SSSR count). The number of rotatable bonds is 10. The highest BCUT2D eigenvalue weighted by Gasteiger charge is 2.24. The van der Waals surface area contributed by atoms with Gasteiger partial charge in [0.15, 0.2) is 0 Å². The van der Waals surface area contributed by atoms with Crippen LogP contribution in [0.25, 0.3) is 11.0 Å². The van der Waals surface area contributed by atoms with E-state index in [0.717, 1.165) is 11.2 Å². The fraction of sp³-hybridized carbons (Fsp3) is 0.417. The number of carbonyl (C=O) groups is 1. The molecule has 0 unspecified atom stereocenters. The van der Waals surface area contributed by atoms with Gasteiger partial charge in [-0.15, -0.1) is 0 Å². The molecule has 1 aromatic heterocycles. The predicted octanol–water partition coefficient (Wildman–Crippen LogP) is 2.86. The lowest BCUT2D eigenvalue weighted by Gasteiger charge is -2.26. The number of aryl methyl sites for hydroxylation is 1. The number of para-hydroxylation sites is 2. The topological polar surface area (TPSA) is 96.7 Å². The van der Waals surface area contributed by atoms with Crippen molar-refractivity contribution in [3.05, 3.63) is 52.9 Å². The Morgan fingerprint density at radius 3 is 2.15 bits per heavy atom. The van der Waals surface area contributed by atoms with Crippen LogP contribution in [0.5, 0.6) is 0 Å². The molecule has 2 aromatic carbocycles. The molecule has 10 heteroatoms. The highest BCUT2D eigenvalue weighted by molar-refractivity contribution is 7.89. The maximum atomic E-state index is 13.1. The van der Waals surface area contributed by atoms with E-state index >= 15 is 0 Å². The van der Waals surface area contributed by atoms with Crippen LogP contribution in [-0.2, 0) is 28.4 Å². The third-order valence-electron chi connectivity index (χ3n) is 6.04. The van der Waals surface area contributed by atoms with Crippen LogP contribution in [-0.4, -0.2) is 53.9 Å². The SMILES string of the molecule is CCN(CC)c1ccc(S(=O)(=O)N(CC)CC)cc1NC(=O)Cn1c(=O)n(C)c2ccccc21. The molecule has 3 aromatic rings. The number of sulfonamides is 1. The van der Waals surface area contributed by atoms with Crippen LogP contribution in [0.15, 0.2) is 52.2 Å². The summed E-state index contributed by atoms with van der Waals surface area (Å²) in [4.78, 5) is 28.0. The lowest BCUT2D eigenvalue weighted by molar-refractivity contribution is -0.116. The summed E-state index contributed by atoms with van der Waals surface area (Å²) in [6.07, 6.45) is 0. The lowest BCUT2D eigenvalue weighted by Crippen LogP contribution is -2.31. The summed E-state index contributed by atoms with van der Waals surface area (Å²) >= 11 is 0. The molecule has 0 fully saturated rings. The molecular formula is C24H33N5O4S. The Kier molecular flexibility index (Phi) is 7.83. The van der Waals surface area contributed by atoms with Crippen molar-refractivity contribution >= 4 is 38.3 Å². The number of benzene rings is 2. The summed E-state index contributed by atoms with van der Waals surface area (Å²) in [6, 6.07) is 12.1. The molecule has 34 heavy (non-hydrogen) atoms. The van der Waals surface area contributed by atoms with Crippen LogP contribution >= 0.6 is 0 Å². The van der Waals surface area contributed by atoms with Gasteiger partial charge >= 0.3 is 5.69 Å². The monoisotopic (exact) mass is 487 g/mol. The van der Waals surface area contributed by atoms with Gasteiger partial charge in [-0.25, -0.2) is 13.2 Å². The van der Waals surface area contributed by atoms with E-state index in [2.05, 4.69) is 5.32 Å². The lowest BCUT2D eigenvalue weighted by atomic mass is 10.2. The van der Waals surface area contributed by atoms with Gasteiger partial charge in [0.1, 0.15) is 6.54 Å². The fourth-order valence-electron chi connectivity index (χ4n) is 4.18. The van der Waals surface area contributed by atoms with Crippen LogP contribution in [0.4, 0.5) is 11.4 Å². The average Bonchev–Trinajstić information content (AvgIpc) is 3.06. The number of anilines is 2. The number of hydrogen-bond donors (Lipinski definition) is 1. The molecule has 0 bridgehead atoms. The number of aromatic nitrogens is 2. The Morgan fingerprint density at radius 1 is 0.941 bits per heavy atom. The van der Waals surface area contributed by atoms with Crippen LogP contribution in [0, 0.1) is 0 Å². The molecule has 0 saturated heterocycles. The minimum atomic E-state index is -3.70. The fourth-order valence-corrected chi connectivity index (χ4v) is 5.66. The summed E-state index contributed by atoms with van der Waals surface area (Å²) in [5.41, 5.74) is 2.22. The van der Waals surface area contributed by atoms with E-state index in [1.54, 1.807) is 39.1 Å². The van der Waals surface area contributed by atoms with Gasteiger partial charge in [-0.05, 0) is 44.2 Å². The number of fused-ring (bicyclic) bond motifs is 1. The number of nitrogens with one attached hydrogen (secondary N) is 1. The van der Waals surface area contributed by atoms with Crippen molar-refractivity contribution < 1.29 is 13.2 Å². The van der Waals surface area contributed by atoms with Gasteiger partial charge < -0.3 is 10.2 Å². The van der Waals surface area contributed by atoms with Gasteiger partial charge in [-0.2, -0.15) is 4.31 Å². The van der Waals surface area contributed by atoms with E-state index in [1.165, 1.54) is 19.5 Å². The number of carbonyl (C=O) groups excluding carboxylic acids is 1. The Morgan fingerprint density at radius 2 is 1.56 bits per heavy atom. The quantitative estimate of drug-likeness (QED) is 0.474. The molecule has 0 aliphatic heterocycles. The smallest absolute Gasteiger partial charge is 0.329 e. The van der Waals surface area contributed by atoms with E-state index in [9.17, 15) is 18.0 Å². The Labute approximate surface area is 200 Å². The molecule has 9 nitrogen and oxygen atoms in total. The number of imidazole rings is 1. The van der Waals surface area contributed by atoms with Crippen LogP contribution in [0.3, 0.4) is 0 Å². The second kappa shape index (κ2) is 10.4. The van der Waals surface area contributed by atoms with Crippen molar-refractivity contribution in [1.82, 2.24) is 13.4 Å². The first-order chi connectivity index (χ1) is 16.2. The van der Waals surface area contributed by atoms with Gasteiger partial charge in [-0.1, -0.05) is 26.0 Å². The molecule has 0 saturated carbocycles. The van der Waals surface area contributed by atoms with Crippen molar-refractivity contribution in [2.24, 2.45) is 7.05 Å². The van der Waals surface area contributed by atoms with Crippen molar-refractivity contribution in [3.63, 3.8) is 0 Å². The van der Waals surface area contributed by atoms with E-state index < -0.39 is 15.9 Å². The second-order valence-corrected chi connectivity index (χ2v) is 9.84. The van der Waals surface area contributed by atoms with Gasteiger partial charge in [0, 0.05) is 33.2 Å². The Balaban J connectivity index is 2.01. The second-order valence-electron chi connectivity index (χ2n) is 7.91. The molecule has 0 aliphatic rings. The third kappa shape index (κ3) is 4.74. The zero-order valence-electron chi connectivity index (χ0n) is 20.4.